The van der Waals surface area contributed by atoms with E-state index < -0.39 is 0 Å². The molecule has 1 fully saturated rings. The summed E-state index contributed by atoms with van der Waals surface area (Å²) < 4.78 is 0.946. The molecule has 1 aromatic carbocycles. The van der Waals surface area contributed by atoms with E-state index in [1.807, 2.05) is 12.1 Å². The summed E-state index contributed by atoms with van der Waals surface area (Å²) in [5, 5.41) is 2.87. The number of nitrogens with zero attached hydrogens (tertiary/aromatic N) is 1. The Kier molecular flexibility index (Phi) is 4.01. The fourth-order valence-electron chi connectivity index (χ4n) is 2.03. The fraction of sp³-hybridized carbons (Fsp3) is 0.385. The number of nitrogens with one attached hydrogen (secondary N) is 1. The van der Waals surface area contributed by atoms with E-state index in [0.29, 0.717) is 18.5 Å². The van der Waals surface area contributed by atoms with Crippen LogP contribution >= 0.6 is 15.9 Å². The van der Waals surface area contributed by atoms with Gasteiger partial charge in [0.25, 0.3) is 5.91 Å². The summed E-state index contributed by atoms with van der Waals surface area (Å²) in [4.78, 5) is 24.9. The van der Waals surface area contributed by atoms with Crippen LogP contribution in [-0.4, -0.2) is 36.9 Å². The predicted octanol–water partition coefficient (Wildman–Crippen LogP) is 1.66. The van der Waals surface area contributed by atoms with Gasteiger partial charge in [-0.2, -0.15) is 0 Å². The molecule has 1 aromatic rings. The molecule has 1 atom stereocenters. The van der Waals surface area contributed by atoms with Crippen LogP contribution in [0.2, 0.25) is 0 Å². The Morgan fingerprint density at radius 2 is 2.11 bits per heavy atom. The maximum Gasteiger partial charge on any atom is 0.251 e. The van der Waals surface area contributed by atoms with Crippen LogP contribution in [0.15, 0.2) is 28.7 Å². The summed E-state index contributed by atoms with van der Waals surface area (Å²) in [6.07, 6.45) is 0.525. The molecule has 96 valence electrons. The van der Waals surface area contributed by atoms with Crippen LogP contribution in [0.4, 0.5) is 0 Å². The molecule has 1 unspecified atom stereocenters. The highest BCUT2D eigenvalue weighted by molar-refractivity contribution is 9.10. The van der Waals surface area contributed by atoms with Crippen LogP contribution in [0.5, 0.6) is 0 Å². The van der Waals surface area contributed by atoms with Crippen LogP contribution in [0.1, 0.15) is 16.8 Å². The smallest absolute Gasteiger partial charge is 0.251 e. The van der Waals surface area contributed by atoms with Crippen LogP contribution < -0.4 is 5.32 Å². The second-order valence-electron chi connectivity index (χ2n) is 4.56. The topological polar surface area (TPSA) is 49.4 Å². The van der Waals surface area contributed by atoms with E-state index in [-0.39, 0.29) is 17.7 Å². The second kappa shape index (κ2) is 5.52. The molecule has 0 aliphatic carbocycles. The zero-order valence-corrected chi connectivity index (χ0v) is 11.7. The molecule has 18 heavy (non-hydrogen) atoms. The maximum atomic E-state index is 11.9. The molecule has 1 N–H and O–H groups in total. The molecule has 1 heterocycles. The molecular weight excluding hydrogens is 296 g/mol. The van der Waals surface area contributed by atoms with Crippen molar-refractivity contribution < 1.29 is 9.59 Å². The van der Waals surface area contributed by atoms with Crippen LogP contribution in [-0.2, 0) is 4.79 Å². The Labute approximate surface area is 114 Å². The molecule has 5 heteroatoms. The molecule has 0 spiro atoms. The second-order valence-corrected chi connectivity index (χ2v) is 5.48. The summed E-state index contributed by atoms with van der Waals surface area (Å²) in [6, 6.07) is 7.21. The van der Waals surface area contributed by atoms with Crippen molar-refractivity contribution in [1.29, 1.82) is 0 Å². The van der Waals surface area contributed by atoms with Crippen molar-refractivity contribution >= 4 is 27.7 Å². The van der Waals surface area contributed by atoms with E-state index in [2.05, 4.69) is 21.2 Å². The van der Waals surface area contributed by atoms with Crippen molar-refractivity contribution in [2.75, 3.05) is 20.1 Å². The highest BCUT2D eigenvalue weighted by Gasteiger charge is 2.26. The van der Waals surface area contributed by atoms with Gasteiger partial charge in [0, 0.05) is 42.5 Å². The molecule has 0 saturated carbocycles. The zero-order chi connectivity index (χ0) is 13.1. The normalized spacial score (nSPS) is 19.1. The number of hydrogen-bond donors (Lipinski definition) is 1. The van der Waals surface area contributed by atoms with Crippen molar-refractivity contribution in [2.45, 2.75) is 6.42 Å². The van der Waals surface area contributed by atoms with Gasteiger partial charge in [0.2, 0.25) is 5.91 Å². The lowest BCUT2D eigenvalue weighted by molar-refractivity contribution is -0.126. The molecule has 0 radical (unpaired) electrons. The zero-order valence-electron chi connectivity index (χ0n) is 10.1. The van der Waals surface area contributed by atoms with Gasteiger partial charge in [-0.1, -0.05) is 15.9 Å². The van der Waals surface area contributed by atoms with E-state index in [0.717, 1.165) is 11.0 Å². The molecule has 2 rings (SSSR count). The summed E-state index contributed by atoms with van der Waals surface area (Å²) in [6.45, 7) is 1.27. The number of halogens is 1. The molecule has 4 nitrogen and oxygen atoms in total. The van der Waals surface area contributed by atoms with Gasteiger partial charge in [0.15, 0.2) is 0 Å². The maximum absolute atomic E-state index is 11.9. The fourth-order valence-corrected chi connectivity index (χ4v) is 2.30. The third kappa shape index (κ3) is 3.10. The Bertz CT molecular complexity index is 459. The molecule has 1 aliphatic rings. The molecule has 1 saturated heterocycles. The van der Waals surface area contributed by atoms with E-state index in [9.17, 15) is 9.59 Å². The standard InChI is InChI=1S/C13H15BrN2O2/c1-16-8-9(6-12(16)17)7-15-13(18)10-2-4-11(14)5-3-10/h2-5,9H,6-8H2,1H3,(H,15,18). The summed E-state index contributed by atoms with van der Waals surface area (Å²) >= 11 is 3.33. The largest absolute Gasteiger partial charge is 0.352 e. The van der Waals surface area contributed by atoms with Gasteiger partial charge in [-0.15, -0.1) is 0 Å². The third-order valence-corrected chi connectivity index (χ3v) is 3.61. The number of amides is 2. The molecular formula is C13H15BrN2O2. The summed E-state index contributed by atoms with van der Waals surface area (Å²) in [5.41, 5.74) is 0.635. The lowest BCUT2D eigenvalue weighted by Crippen LogP contribution is -2.30. The number of carbonyl (C=O) groups excluding carboxylic acids is 2. The first-order chi connectivity index (χ1) is 8.56. The SMILES string of the molecule is CN1CC(CNC(=O)c2ccc(Br)cc2)CC1=O. The predicted molar refractivity (Wildman–Crippen MR) is 72.2 cm³/mol. The highest BCUT2D eigenvalue weighted by Crippen LogP contribution is 2.15. The summed E-state index contributed by atoms with van der Waals surface area (Å²) in [5.74, 6) is 0.282. The van der Waals surface area contributed by atoms with Crippen LogP contribution in [0, 0.1) is 5.92 Å². The van der Waals surface area contributed by atoms with Crippen molar-refractivity contribution in [3.8, 4) is 0 Å². The first-order valence-electron chi connectivity index (χ1n) is 5.84. The minimum atomic E-state index is -0.0931. The number of rotatable bonds is 3. The van der Waals surface area contributed by atoms with Crippen LogP contribution in [0.3, 0.4) is 0 Å². The molecule has 0 aromatic heterocycles. The van der Waals surface area contributed by atoms with Gasteiger partial charge in [0.1, 0.15) is 0 Å². The highest BCUT2D eigenvalue weighted by atomic mass is 79.9. The van der Waals surface area contributed by atoms with Gasteiger partial charge in [0.05, 0.1) is 0 Å². The molecule has 1 aliphatic heterocycles. The van der Waals surface area contributed by atoms with E-state index in [1.165, 1.54) is 0 Å². The number of benzene rings is 1. The third-order valence-electron chi connectivity index (χ3n) is 3.08. The number of hydrogen-bond acceptors (Lipinski definition) is 2. The van der Waals surface area contributed by atoms with Crippen molar-refractivity contribution in [3.63, 3.8) is 0 Å². The Morgan fingerprint density at radius 1 is 1.44 bits per heavy atom. The van der Waals surface area contributed by atoms with Crippen molar-refractivity contribution in [1.82, 2.24) is 10.2 Å². The van der Waals surface area contributed by atoms with E-state index in [1.54, 1.807) is 24.1 Å². The summed E-state index contributed by atoms with van der Waals surface area (Å²) in [7, 11) is 1.79. The van der Waals surface area contributed by atoms with Crippen LogP contribution in [0.25, 0.3) is 0 Å². The Hall–Kier alpha value is -1.36. The Balaban J connectivity index is 1.85. The Morgan fingerprint density at radius 3 is 2.67 bits per heavy atom. The lowest BCUT2D eigenvalue weighted by Gasteiger charge is -2.11. The van der Waals surface area contributed by atoms with Crippen molar-refractivity contribution in [2.24, 2.45) is 5.92 Å². The van der Waals surface area contributed by atoms with Gasteiger partial charge >= 0.3 is 0 Å². The number of carbonyl (C=O) groups is 2. The average Bonchev–Trinajstić information content (AvgIpc) is 2.67. The van der Waals surface area contributed by atoms with Gasteiger partial charge < -0.3 is 10.2 Å². The number of likely N-dealkylation sites (tertiary alicyclic amines) is 1. The first-order valence-corrected chi connectivity index (χ1v) is 6.63. The minimum Gasteiger partial charge on any atom is -0.352 e. The van der Waals surface area contributed by atoms with E-state index in [4.69, 9.17) is 0 Å². The quantitative estimate of drug-likeness (QED) is 0.923. The molecule has 2 amide bonds. The first kappa shape index (κ1) is 13.1. The van der Waals surface area contributed by atoms with Gasteiger partial charge in [-0.25, -0.2) is 0 Å². The van der Waals surface area contributed by atoms with Gasteiger partial charge in [-0.3, -0.25) is 9.59 Å². The molecule has 0 bridgehead atoms. The minimum absolute atomic E-state index is 0.0931. The monoisotopic (exact) mass is 310 g/mol. The lowest BCUT2D eigenvalue weighted by atomic mass is 10.1. The van der Waals surface area contributed by atoms with E-state index >= 15 is 0 Å². The van der Waals surface area contributed by atoms with Gasteiger partial charge in [-0.05, 0) is 24.3 Å². The van der Waals surface area contributed by atoms with Crippen molar-refractivity contribution in [3.05, 3.63) is 34.3 Å². The average molecular weight is 311 g/mol.